The lowest BCUT2D eigenvalue weighted by atomic mass is 10.1. The average molecular weight is 373 g/mol. The standard InChI is InChI=1S/C22H23N5O/c28-22(25-16-17-7-2-1-3-8-17)26-19-10-6-9-18(15-19)20-21(24-12-11-23-20)27-13-4-5-14-27/h1-3,6-12,15H,4-5,13-14,16H2,(H2,25,26,28). The van der Waals surface area contributed by atoms with Gasteiger partial charge in [0.1, 0.15) is 5.69 Å². The van der Waals surface area contributed by atoms with Crippen LogP contribution in [0.15, 0.2) is 67.0 Å². The summed E-state index contributed by atoms with van der Waals surface area (Å²) in [5.41, 5.74) is 3.57. The molecule has 1 saturated heterocycles. The van der Waals surface area contributed by atoms with Crippen LogP contribution >= 0.6 is 0 Å². The number of carbonyl (C=O) groups is 1. The second kappa shape index (κ2) is 8.52. The summed E-state index contributed by atoms with van der Waals surface area (Å²) >= 11 is 0. The van der Waals surface area contributed by atoms with Crippen molar-refractivity contribution in [3.63, 3.8) is 0 Å². The minimum Gasteiger partial charge on any atom is -0.355 e. The van der Waals surface area contributed by atoms with Gasteiger partial charge >= 0.3 is 6.03 Å². The van der Waals surface area contributed by atoms with Gasteiger partial charge in [0, 0.05) is 43.3 Å². The lowest BCUT2D eigenvalue weighted by molar-refractivity contribution is 0.251. The Hall–Kier alpha value is -3.41. The zero-order chi connectivity index (χ0) is 19.2. The van der Waals surface area contributed by atoms with Crippen molar-refractivity contribution in [3.8, 4) is 11.3 Å². The molecule has 2 amide bonds. The Balaban J connectivity index is 1.47. The van der Waals surface area contributed by atoms with E-state index in [2.05, 4.69) is 25.5 Å². The van der Waals surface area contributed by atoms with Crippen LogP contribution in [-0.4, -0.2) is 29.1 Å². The topological polar surface area (TPSA) is 70.1 Å². The fourth-order valence-electron chi connectivity index (χ4n) is 3.39. The van der Waals surface area contributed by atoms with Crippen LogP contribution in [0.25, 0.3) is 11.3 Å². The van der Waals surface area contributed by atoms with Crippen molar-refractivity contribution in [1.29, 1.82) is 0 Å². The highest BCUT2D eigenvalue weighted by Gasteiger charge is 2.18. The van der Waals surface area contributed by atoms with Crippen LogP contribution in [0.5, 0.6) is 0 Å². The van der Waals surface area contributed by atoms with Gasteiger partial charge in [-0.25, -0.2) is 9.78 Å². The highest BCUT2D eigenvalue weighted by atomic mass is 16.2. The predicted octanol–water partition coefficient (Wildman–Crippen LogP) is 4.07. The Morgan fingerprint density at radius 3 is 2.57 bits per heavy atom. The zero-order valence-electron chi connectivity index (χ0n) is 15.6. The van der Waals surface area contributed by atoms with Crippen molar-refractivity contribution in [2.75, 3.05) is 23.3 Å². The quantitative estimate of drug-likeness (QED) is 0.707. The summed E-state index contributed by atoms with van der Waals surface area (Å²) in [5, 5.41) is 5.78. The van der Waals surface area contributed by atoms with Crippen LogP contribution in [0.1, 0.15) is 18.4 Å². The summed E-state index contributed by atoms with van der Waals surface area (Å²) in [7, 11) is 0. The molecule has 0 spiro atoms. The fourth-order valence-corrected chi connectivity index (χ4v) is 3.39. The Kier molecular flexibility index (Phi) is 5.47. The van der Waals surface area contributed by atoms with Crippen molar-refractivity contribution < 1.29 is 4.79 Å². The SMILES string of the molecule is O=C(NCc1ccccc1)Nc1cccc(-c2nccnc2N2CCCC2)c1. The van der Waals surface area contributed by atoms with E-state index >= 15 is 0 Å². The summed E-state index contributed by atoms with van der Waals surface area (Å²) in [4.78, 5) is 23.6. The molecule has 0 unspecified atom stereocenters. The van der Waals surface area contributed by atoms with E-state index in [-0.39, 0.29) is 6.03 Å². The summed E-state index contributed by atoms with van der Waals surface area (Å²) in [6.07, 6.45) is 5.80. The maximum absolute atomic E-state index is 12.3. The van der Waals surface area contributed by atoms with Gasteiger partial charge in [-0.1, -0.05) is 42.5 Å². The number of hydrogen-bond donors (Lipinski definition) is 2. The molecule has 0 bridgehead atoms. The first-order valence-electron chi connectivity index (χ1n) is 9.55. The first-order chi connectivity index (χ1) is 13.8. The van der Waals surface area contributed by atoms with E-state index in [1.807, 2.05) is 54.6 Å². The molecule has 0 saturated carbocycles. The van der Waals surface area contributed by atoms with Gasteiger partial charge in [0.05, 0.1) is 0 Å². The largest absolute Gasteiger partial charge is 0.355 e. The van der Waals surface area contributed by atoms with Crippen LogP contribution in [0, 0.1) is 0 Å². The van der Waals surface area contributed by atoms with Gasteiger partial charge in [-0.3, -0.25) is 4.98 Å². The molecule has 28 heavy (non-hydrogen) atoms. The van der Waals surface area contributed by atoms with Gasteiger partial charge in [0.25, 0.3) is 0 Å². The molecule has 1 aliphatic rings. The van der Waals surface area contributed by atoms with Gasteiger partial charge in [-0.2, -0.15) is 0 Å². The second-order valence-corrected chi connectivity index (χ2v) is 6.80. The number of urea groups is 1. The summed E-state index contributed by atoms with van der Waals surface area (Å²) in [6.45, 7) is 2.49. The monoisotopic (exact) mass is 373 g/mol. The Bertz CT molecular complexity index is 938. The van der Waals surface area contributed by atoms with Gasteiger partial charge in [-0.15, -0.1) is 0 Å². The molecule has 6 heteroatoms. The molecule has 2 heterocycles. The highest BCUT2D eigenvalue weighted by Crippen LogP contribution is 2.30. The number of carbonyl (C=O) groups excluding carboxylic acids is 1. The predicted molar refractivity (Wildman–Crippen MR) is 111 cm³/mol. The highest BCUT2D eigenvalue weighted by molar-refractivity contribution is 5.90. The number of benzene rings is 2. The minimum atomic E-state index is -0.236. The van der Waals surface area contributed by atoms with Crippen molar-refractivity contribution in [1.82, 2.24) is 15.3 Å². The fraction of sp³-hybridized carbons (Fsp3) is 0.227. The van der Waals surface area contributed by atoms with E-state index in [4.69, 9.17) is 0 Å². The molecule has 3 aromatic rings. The van der Waals surface area contributed by atoms with E-state index < -0.39 is 0 Å². The second-order valence-electron chi connectivity index (χ2n) is 6.80. The van der Waals surface area contributed by atoms with E-state index in [9.17, 15) is 4.79 Å². The molecule has 2 N–H and O–H groups in total. The van der Waals surface area contributed by atoms with Crippen LogP contribution in [-0.2, 0) is 6.54 Å². The van der Waals surface area contributed by atoms with E-state index in [1.54, 1.807) is 12.4 Å². The maximum atomic E-state index is 12.3. The van der Waals surface area contributed by atoms with Crippen molar-refractivity contribution in [3.05, 3.63) is 72.6 Å². The Morgan fingerprint density at radius 2 is 1.75 bits per heavy atom. The lowest BCUT2D eigenvalue weighted by Crippen LogP contribution is -2.28. The Morgan fingerprint density at radius 1 is 0.964 bits per heavy atom. The molecule has 6 nitrogen and oxygen atoms in total. The van der Waals surface area contributed by atoms with Gasteiger partial charge < -0.3 is 15.5 Å². The minimum absolute atomic E-state index is 0.236. The molecule has 142 valence electrons. The van der Waals surface area contributed by atoms with Crippen molar-refractivity contribution in [2.45, 2.75) is 19.4 Å². The first kappa shape index (κ1) is 18.0. The molecule has 0 aliphatic carbocycles. The third-order valence-corrected chi connectivity index (χ3v) is 4.77. The van der Waals surface area contributed by atoms with Crippen LogP contribution in [0.3, 0.4) is 0 Å². The number of hydrogen-bond acceptors (Lipinski definition) is 4. The molecular formula is C22H23N5O. The molecule has 0 atom stereocenters. The molecule has 0 radical (unpaired) electrons. The number of anilines is 2. The molecular weight excluding hydrogens is 350 g/mol. The molecule has 1 fully saturated rings. The molecule has 2 aromatic carbocycles. The zero-order valence-corrected chi connectivity index (χ0v) is 15.6. The van der Waals surface area contributed by atoms with Crippen LogP contribution in [0.2, 0.25) is 0 Å². The molecule has 1 aromatic heterocycles. The smallest absolute Gasteiger partial charge is 0.319 e. The van der Waals surface area contributed by atoms with Gasteiger partial charge in [-0.05, 0) is 30.5 Å². The normalized spacial score (nSPS) is 13.4. The Labute approximate surface area is 164 Å². The first-order valence-corrected chi connectivity index (χ1v) is 9.55. The lowest BCUT2D eigenvalue weighted by Gasteiger charge is -2.19. The number of rotatable bonds is 5. The number of nitrogens with zero attached hydrogens (tertiary/aromatic N) is 3. The van der Waals surface area contributed by atoms with Gasteiger partial charge in [0.2, 0.25) is 0 Å². The third kappa shape index (κ3) is 4.28. The van der Waals surface area contributed by atoms with Crippen LogP contribution in [0.4, 0.5) is 16.3 Å². The van der Waals surface area contributed by atoms with E-state index in [0.717, 1.165) is 41.4 Å². The van der Waals surface area contributed by atoms with E-state index in [1.165, 1.54) is 12.8 Å². The van der Waals surface area contributed by atoms with Gasteiger partial charge in [0.15, 0.2) is 5.82 Å². The van der Waals surface area contributed by atoms with E-state index in [0.29, 0.717) is 6.54 Å². The average Bonchev–Trinajstić information content (AvgIpc) is 3.28. The summed E-state index contributed by atoms with van der Waals surface area (Å²) in [5.74, 6) is 0.908. The number of nitrogens with one attached hydrogen (secondary N) is 2. The third-order valence-electron chi connectivity index (χ3n) is 4.77. The molecule has 1 aliphatic heterocycles. The van der Waals surface area contributed by atoms with Crippen LogP contribution < -0.4 is 15.5 Å². The molecule has 4 rings (SSSR count). The number of aromatic nitrogens is 2. The maximum Gasteiger partial charge on any atom is 0.319 e. The summed E-state index contributed by atoms with van der Waals surface area (Å²) < 4.78 is 0. The van der Waals surface area contributed by atoms with Crippen molar-refractivity contribution >= 4 is 17.5 Å². The number of amides is 2. The summed E-state index contributed by atoms with van der Waals surface area (Å²) in [6, 6.07) is 17.3. The van der Waals surface area contributed by atoms with Crippen molar-refractivity contribution in [2.24, 2.45) is 0 Å².